The number of hydrogen-bond donors (Lipinski definition) is 1. The minimum Gasteiger partial charge on any atom is -0.267 e. The van der Waals surface area contributed by atoms with Gasteiger partial charge in [0.2, 0.25) is 0 Å². The van der Waals surface area contributed by atoms with Crippen molar-refractivity contribution >= 4 is 23.3 Å². The van der Waals surface area contributed by atoms with Crippen LogP contribution in [-0.2, 0) is 7.05 Å². The van der Waals surface area contributed by atoms with Crippen LogP contribution in [0.3, 0.4) is 0 Å². The van der Waals surface area contributed by atoms with Crippen molar-refractivity contribution in [3.8, 4) is 0 Å². The van der Waals surface area contributed by atoms with E-state index in [-0.39, 0.29) is 5.56 Å². The van der Waals surface area contributed by atoms with Crippen LogP contribution in [0.15, 0.2) is 34.2 Å². The smallest absolute Gasteiger partial charge is 0.267 e. The zero-order valence-electron chi connectivity index (χ0n) is 8.27. The van der Waals surface area contributed by atoms with Gasteiger partial charge in [-0.1, -0.05) is 18.2 Å². The normalized spacial score (nSPS) is 10.2. The molecule has 1 heterocycles. The van der Waals surface area contributed by atoms with Gasteiger partial charge in [0.1, 0.15) is 0 Å². The van der Waals surface area contributed by atoms with Crippen LogP contribution in [0.1, 0.15) is 0 Å². The summed E-state index contributed by atoms with van der Waals surface area (Å²) in [5.74, 6) is 0.530. The fraction of sp³-hybridized carbons (Fsp3) is 0.100. The van der Waals surface area contributed by atoms with Crippen LogP contribution in [-0.4, -0.2) is 16.5 Å². The summed E-state index contributed by atoms with van der Waals surface area (Å²) in [5.41, 5.74) is 2.54. The van der Waals surface area contributed by atoms with Crippen LogP contribution in [0, 0.1) is 0 Å². The van der Waals surface area contributed by atoms with Crippen LogP contribution in [0.25, 0.3) is 10.8 Å². The SMILES string of the molecule is C=NNc1nn(C)c(=O)c2ccccc12. The summed E-state index contributed by atoms with van der Waals surface area (Å²) in [6, 6.07) is 7.23. The molecule has 1 aromatic carbocycles. The summed E-state index contributed by atoms with van der Waals surface area (Å²) in [5, 5.41) is 8.95. The second-order valence-electron chi connectivity index (χ2n) is 3.09. The number of hydrazone groups is 1. The van der Waals surface area contributed by atoms with E-state index in [9.17, 15) is 4.79 Å². The van der Waals surface area contributed by atoms with Gasteiger partial charge in [0.15, 0.2) is 5.82 Å². The molecule has 5 nitrogen and oxygen atoms in total. The number of anilines is 1. The van der Waals surface area contributed by atoms with Crippen molar-refractivity contribution in [1.29, 1.82) is 0 Å². The number of nitrogens with zero attached hydrogens (tertiary/aromatic N) is 3. The number of rotatable bonds is 2. The molecule has 0 unspecified atom stereocenters. The van der Waals surface area contributed by atoms with Gasteiger partial charge < -0.3 is 0 Å². The van der Waals surface area contributed by atoms with Crippen molar-refractivity contribution in [1.82, 2.24) is 9.78 Å². The highest BCUT2D eigenvalue weighted by atomic mass is 16.1. The maximum absolute atomic E-state index is 11.7. The number of fused-ring (bicyclic) bond motifs is 1. The fourth-order valence-corrected chi connectivity index (χ4v) is 1.46. The number of aromatic nitrogens is 2. The minimum atomic E-state index is -0.125. The van der Waals surface area contributed by atoms with Gasteiger partial charge in [-0.05, 0) is 6.07 Å². The first-order valence-electron chi connectivity index (χ1n) is 4.42. The molecule has 0 radical (unpaired) electrons. The summed E-state index contributed by atoms with van der Waals surface area (Å²) in [4.78, 5) is 11.7. The van der Waals surface area contributed by atoms with Crippen molar-refractivity contribution in [3.05, 3.63) is 34.6 Å². The number of benzene rings is 1. The van der Waals surface area contributed by atoms with E-state index in [0.29, 0.717) is 11.2 Å². The Morgan fingerprint density at radius 2 is 2.07 bits per heavy atom. The predicted molar refractivity (Wildman–Crippen MR) is 60.2 cm³/mol. The highest BCUT2D eigenvalue weighted by Gasteiger charge is 2.06. The summed E-state index contributed by atoms with van der Waals surface area (Å²) in [6.07, 6.45) is 0. The first-order valence-corrected chi connectivity index (χ1v) is 4.42. The molecule has 1 N–H and O–H groups in total. The topological polar surface area (TPSA) is 59.3 Å². The third-order valence-corrected chi connectivity index (χ3v) is 2.14. The van der Waals surface area contributed by atoms with Gasteiger partial charge in [-0.15, -0.1) is 5.10 Å². The zero-order chi connectivity index (χ0) is 10.8. The quantitative estimate of drug-likeness (QED) is 0.583. The minimum absolute atomic E-state index is 0.125. The molecule has 2 aromatic rings. The highest BCUT2D eigenvalue weighted by molar-refractivity contribution is 5.90. The molecule has 5 heteroatoms. The van der Waals surface area contributed by atoms with Gasteiger partial charge in [-0.2, -0.15) is 5.10 Å². The van der Waals surface area contributed by atoms with E-state index in [4.69, 9.17) is 0 Å². The van der Waals surface area contributed by atoms with Gasteiger partial charge in [0.25, 0.3) is 5.56 Å². The Kier molecular flexibility index (Phi) is 2.21. The van der Waals surface area contributed by atoms with Gasteiger partial charge >= 0.3 is 0 Å². The number of hydrogen-bond acceptors (Lipinski definition) is 4. The standard InChI is InChI=1S/C10H10N4O/c1-11-12-9-7-5-3-4-6-8(7)10(15)14(2)13-9/h3-6H,1H2,2H3,(H,12,13). The van der Waals surface area contributed by atoms with Crippen molar-refractivity contribution < 1.29 is 0 Å². The lowest BCUT2D eigenvalue weighted by atomic mass is 10.2. The third kappa shape index (κ3) is 1.48. The first kappa shape index (κ1) is 9.39. The Balaban J connectivity index is 2.87. The van der Waals surface area contributed by atoms with E-state index < -0.39 is 0 Å². The molecule has 0 fully saturated rings. The predicted octanol–water partition coefficient (Wildman–Crippen LogP) is 0.961. The van der Waals surface area contributed by atoms with Gasteiger partial charge in [0.05, 0.1) is 5.39 Å². The van der Waals surface area contributed by atoms with Crippen LogP contribution in [0.5, 0.6) is 0 Å². The Morgan fingerprint density at radius 3 is 2.73 bits per heavy atom. The molecule has 0 bridgehead atoms. The molecule has 0 atom stereocenters. The molecule has 0 aliphatic carbocycles. The lowest BCUT2D eigenvalue weighted by molar-refractivity contribution is 0.721. The maximum atomic E-state index is 11.7. The van der Waals surface area contributed by atoms with Crippen molar-refractivity contribution in [2.45, 2.75) is 0 Å². The Labute approximate surface area is 86.0 Å². The van der Waals surface area contributed by atoms with E-state index in [2.05, 4.69) is 22.3 Å². The zero-order valence-corrected chi connectivity index (χ0v) is 8.27. The van der Waals surface area contributed by atoms with Crippen molar-refractivity contribution in [2.75, 3.05) is 5.43 Å². The lowest BCUT2D eigenvalue weighted by Crippen LogP contribution is -2.20. The van der Waals surface area contributed by atoms with E-state index in [1.165, 1.54) is 4.68 Å². The average molecular weight is 202 g/mol. The fourth-order valence-electron chi connectivity index (χ4n) is 1.46. The average Bonchev–Trinajstić information content (AvgIpc) is 2.26. The molecule has 76 valence electrons. The molecule has 15 heavy (non-hydrogen) atoms. The van der Waals surface area contributed by atoms with E-state index >= 15 is 0 Å². The summed E-state index contributed by atoms with van der Waals surface area (Å²) < 4.78 is 1.27. The largest absolute Gasteiger partial charge is 0.274 e. The molecule has 0 spiro atoms. The molecule has 0 saturated carbocycles. The molecular formula is C10H10N4O. The second-order valence-corrected chi connectivity index (χ2v) is 3.09. The van der Waals surface area contributed by atoms with Gasteiger partial charge in [-0.3, -0.25) is 10.2 Å². The molecular weight excluding hydrogens is 192 g/mol. The Morgan fingerprint density at radius 1 is 1.40 bits per heavy atom. The first-order chi connectivity index (χ1) is 7.24. The molecule has 0 amide bonds. The van der Waals surface area contributed by atoms with Crippen LogP contribution < -0.4 is 11.0 Å². The second kappa shape index (κ2) is 3.53. The monoisotopic (exact) mass is 202 g/mol. The van der Waals surface area contributed by atoms with Crippen LogP contribution >= 0.6 is 0 Å². The molecule has 0 aliphatic heterocycles. The Hall–Kier alpha value is -2.17. The van der Waals surface area contributed by atoms with Crippen molar-refractivity contribution in [3.63, 3.8) is 0 Å². The van der Waals surface area contributed by atoms with Crippen LogP contribution in [0.4, 0.5) is 5.82 Å². The summed E-state index contributed by atoms with van der Waals surface area (Å²) in [6.45, 7) is 3.33. The molecule has 0 saturated heterocycles. The highest BCUT2D eigenvalue weighted by Crippen LogP contribution is 2.16. The number of nitrogens with one attached hydrogen (secondary N) is 1. The molecule has 2 rings (SSSR count). The molecule has 1 aromatic heterocycles. The van der Waals surface area contributed by atoms with Gasteiger partial charge in [0, 0.05) is 19.2 Å². The lowest BCUT2D eigenvalue weighted by Gasteiger charge is -2.06. The van der Waals surface area contributed by atoms with E-state index in [1.807, 2.05) is 18.2 Å². The molecule has 0 aliphatic rings. The maximum Gasteiger partial charge on any atom is 0.274 e. The van der Waals surface area contributed by atoms with Crippen molar-refractivity contribution in [2.24, 2.45) is 12.1 Å². The van der Waals surface area contributed by atoms with E-state index in [0.717, 1.165) is 5.39 Å². The summed E-state index contributed by atoms with van der Waals surface area (Å²) >= 11 is 0. The van der Waals surface area contributed by atoms with Crippen LogP contribution in [0.2, 0.25) is 0 Å². The Bertz CT molecular complexity index is 573. The summed E-state index contributed by atoms with van der Waals surface area (Å²) in [7, 11) is 1.60. The third-order valence-electron chi connectivity index (χ3n) is 2.14. The van der Waals surface area contributed by atoms with Gasteiger partial charge in [-0.25, -0.2) is 4.68 Å². The van der Waals surface area contributed by atoms with E-state index in [1.54, 1.807) is 13.1 Å². The number of aryl methyl sites for hydroxylation is 1.